The lowest BCUT2D eigenvalue weighted by atomic mass is 9.95. The lowest BCUT2D eigenvalue weighted by molar-refractivity contribution is 0.338. The van der Waals surface area contributed by atoms with Crippen LogP contribution >= 0.6 is 11.8 Å². The van der Waals surface area contributed by atoms with Gasteiger partial charge in [0.2, 0.25) is 0 Å². The van der Waals surface area contributed by atoms with Crippen molar-refractivity contribution >= 4 is 11.8 Å². The quantitative estimate of drug-likeness (QED) is 0.521. The predicted octanol–water partition coefficient (Wildman–Crippen LogP) is 5.00. The van der Waals surface area contributed by atoms with Crippen LogP contribution in [-0.2, 0) is 0 Å². The molecule has 1 heterocycles. The number of nitriles is 2. The van der Waals surface area contributed by atoms with E-state index < -0.39 is 0 Å². The first-order chi connectivity index (χ1) is 14.7. The molecule has 3 rings (SSSR count). The summed E-state index contributed by atoms with van der Waals surface area (Å²) in [4.78, 5) is 0. The summed E-state index contributed by atoms with van der Waals surface area (Å²) in [6.07, 6.45) is 6.83. The van der Waals surface area contributed by atoms with E-state index in [0.717, 1.165) is 29.4 Å². The number of nitrogens with zero attached hydrogens (tertiary/aromatic N) is 5. The van der Waals surface area contributed by atoms with Crippen molar-refractivity contribution in [3.63, 3.8) is 0 Å². The summed E-state index contributed by atoms with van der Waals surface area (Å²) in [7, 11) is 3.24. The van der Waals surface area contributed by atoms with E-state index in [-0.39, 0.29) is 5.92 Å². The molecule has 0 saturated heterocycles. The molecule has 1 aromatic carbocycles. The lowest BCUT2D eigenvalue weighted by Gasteiger charge is -2.26. The molecule has 0 unspecified atom stereocenters. The first-order valence-electron chi connectivity index (χ1n) is 10.3. The molecule has 1 aliphatic carbocycles. The molecule has 7 nitrogen and oxygen atoms in total. The molecule has 2 aromatic rings. The lowest BCUT2D eigenvalue weighted by Crippen LogP contribution is -2.15. The monoisotopic (exact) mass is 425 g/mol. The summed E-state index contributed by atoms with van der Waals surface area (Å²) < 4.78 is 13.1. The molecule has 0 aliphatic heterocycles. The van der Waals surface area contributed by atoms with E-state index in [1.54, 1.807) is 26.0 Å². The van der Waals surface area contributed by atoms with Crippen LogP contribution in [0.5, 0.6) is 11.5 Å². The van der Waals surface area contributed by atoms with Gasteiger partial charge in [-0.25, -0.2) is 0 Å². The van der Waals surface area contributed by atoms with Gasteiger partial charge in [-0.3, -0.25) is 4.57 Å². The van der Waals surface area contributed by atoms with Crippen LogP contribution in [0.2, 0.25) is 0 Å². The van der Waals surface area contributed by atoms with Gasteiger partial charge in [-0.2, -0.15) is 10.5 Å². The van der Waals surface area contributed by atoms with E-state index in [1.165, 1.54) is 19.3 Å². The molecule has 1 aliphatic rings. The molecule has 158 valence electrons. The van der Waals surface area contributed by atoms with Crippen molar-refractivity contribution < 1.29 is 9.47 Å². The third kappa shape index (κ3) is 5.06. The second kappa shape index (κ2) is 10.9. The van der Waals surface area contributed by atoms with Crippen molar-refractivity contribution in [3.05, 3.63) is 18.2 Å². The first-order valence-corrected chi connectivity index (χ1v) is 11.3. The molecule has 30 heavy (non-hydrogen) atoms. The molecule has 0 radical (unpaired) electrons. The summed E-state index contributed by atoms with van der Waals surface area (Å²) in [5.74, 6) is 2.58. The van der Waals surface area contributed by atoms with E-state index in [1.807, 2.05) is 18.2 Å². The molecule has 0 amide bonds. The van der Waals surface area contributed by atoms with Gasteiger partial charge in [-0.15, -0.1) is 10.2 Å². The Morgan fingerprint density at radius 3 is 2.57 bits per heavy atom. The Hall–Kier alpha value is -2.71. The summed E-state index contributed by atoms with van der Waals surface area (Å²) in [5.41, 5.74) is 0.930. The number of thioether (sulfide) groups is 1. The Bertz CT molecular complexity index is 925. The Morgan fingerprint density at radius 2 is 1.90 bits per heavy atom. The maximum Gasteiger partial charge on any atom is 0.191 e. The topological polar surface area (TPSA) is 96.8 Å². The fraction of sp³-hybridized carbons (Fsp3) is 0.545. The number of ether oxygens (including phenoxy) is 2. The number of methoxy groups -OCH3 is 2. The molecular formula is C22H27N5O2S. The van der Waals surface area contributed by atoms with E-state index in [9.17, 15) is 5.26 Å². The maximum atomic E-state index is 9.40. The molecule has 0 spiro atoms. The number of benzene rings is 1. The molecule has 8 heteroatoms. The van der Waals surface area contributed by atoms with Crippen molar-refractivity contribution in [2.24, 2.45) is 5.92 Å². The molecule has 0 N–H and O–H groups in total. The van der Waals surface area contributed by atoms with Crippen LogP contribution in [0.1, 0.15) is 51.0 Å². The summed E-state index contributed by atoms with van der Waals surface area (Å²) >= 11 is 1.56. The van der Waals surface area contributed by atoms with Crippen molar-refractivity contribution in [1.82, 2.24) is 14.8 Å². The summed E-state index contributed by atoms with van der Waals surface area (Å²) in [5, 5.41) is 28.0. The third-order valence-electron chi connectivity index (χ3n) is 5.45. The highest BCUT2D eigenvalue weighted by molar-refractivity contribution is 7.99. The first kappa shape index (κ1) is 22.0. The zero-order valence-corrected chi connectivity index (χ0v) is 18.3. The van der Waals surface area contributed by atoms with Gasteiger partial charge in [0.1, 0.15) is 0 Å². The minimum Gasteiger partial charge on any atom is -0.493 e. The molecule has 1 atom stereocenters. The molecular weight excluding hydrogens is 398 g/mol. The van der Waals surface area contributed by atoms with Crippen LogP contribution in [0.25, 0.3) is 11.4 Å². The van der Waals surface area contributed by atoms with Crippen LogP contribution in [0, 0.1) is 28.6 Å². The highest BCUT2D eigenvalue weighted by Crippen LogP contribution is 2.38. The van der Waals surface area contributed by atoms with Crippen molar-refractivity contribution in [2.45, 2.75) is 56.1 Å². The van der Waals surface area contributed by atoms with E-state index in [4.69, 9.17) is 14.7 Å². The van der Waals surface area contributed by atoms with Crippen LogP contribution in [0.4, 0.5) is 0 Å². The average molecular weight is 426 g/mol. The van der Waals surface area contributed by atoms with Gasteiger partial charge in [0.25, 0.3) is 0 Å². The molecule has 0 bridgehead atoms. The predicted molar refractivity (Wildman–Crippen MR) is 115 cm³/mol. The van der Waals surface area contributed by atoms with Gasteiger partial charge in [0.15, 0.2) is 22.5 Å². The minimum atomic E-state index is -0.171. The van der Waals surface area contributed by atoms with Crippen molar-refractivity contribution in [3.8, 4) is 35.0 Å². The Kier molecular flexibility index (Phi) is 7.98. The zero-order chi connectivity index (χ0) is 21.3. The second-order valence-electron chi connectivity index (χ2n) is 7.37. The zero-order valence-electron chi connectivity index (χ0n) is 17.5. The van der Waals surface area contributed by atoms with Crippen molar-refractivity contribution in [2.75, 3.05) is 20.0 Å². The van der Waals surface area contributed by atoms with Gasteiger partial charge in [-0.1, -0.05) is 31.0 Å². The Morgan fingerprint density at radius 1 is 1.13 bits per heavy atom. The van der Waals surface area contributed by atoms with Gasteiger partial charge >= 0.3 is 0 Å². The maximum absolute atomic E-state index is 9.40. The summed E-state index contributed by atoms with van der Waals surface area (Å²) in [6.45, 7) is 0. The Labute approximate surface area is 182 Å². The molecule has 1 fully saturated rings. The minimum absolute atomic E-state index is 0.171. The second-order valence-corrected chi connectivity index (χ2v) is 8.36. The van der Waals surface area contributed by atoms with Gasteiger partial charge in [0.05, 0.1) is 32.3 Å². The highest BCUT2D eigenvalue weighted by Gasteiger charge is 2.25. The molecule has 1 saturated carbocycles. The number of aromatic nitrogens is 3. The average Bonchev–Trinajstić information content (AvgIpc) is 3.23. The smallest absolute Gasteiger partial charge is 0.191 e. The fourth-order valence-corrected chi connectivity index (χ4v) is 4.88. The normalized spacial score (nSPS) is 15.2. The van der Waals surface area contributed by atoms with Gasteiger partial charge < -0.3 is 9.47 Å². The van der Waals surface area contributed by atoms with E-state index in [2.05, 4.69) is 26.9 Å². The number of hydrogen-bond donors (Lipinski definition) is 0. The number of hydrogen-bond acceptors (Lipinski definition) is 7. The van der Waals surface area contributed by atoms with Crippen LogP contribution in [-0.4, -0.2) is 34.7 Å². The molecule has 1 aromatic heterocycles. The largest absolute Gasteiger partial charge is 0.493 e. The Balaban J connectivity index is 1.92. The fourth-order valence-electron chi connectivity index (χ4n) is 3.82. The SMILES string of the molecule is COc1ccc(-c2nnc(SC[C@H](C#N)CCC#N)n2C2CCCCC2)cc1OC. The summed E-state index contributed by atoms with van der Waals surface area (Å²) in [6, 6.07) is 10.6. The standard InChI is InChI=1S/C22H27N5O2S/c1-28-19-11-10-17(13-20(19)29-2)21-25-26-22(27(21)18-8-4-3-5-9-18)30-15-16(14-24)7-6-12-23/h10-11,13,16,18H,3-9,15H2,1-2H3/t16-/m0/s1. The van der Waals surface area contributed by atoms with Gasteiger partial charge in [-0.05, 0) is 37.5 Å². The number of rotatable bonds is 9. The third-order valence-corrected chi connectivity index (χ3v) is 6.55. The van der Waals surface area contributed by atoms with Crippen LogP contribution in [0.3, 0.4) is 0 Å². The van der Waals surface area contributed by atoms with Crippen LogP contribution < -0.4 is 9.47 Å². The van der Waals surface area contributed by atoms with Crippen molar-refractivity contribution in [1.29, 1.82) is 10.5 Å². The highest BCUT2D eigenvalue weighted by atomic mass is 32.2. The van der Waals surface area contributed by atoms with Gasteiger partial charge in [0, 0.05) is 23.8 Å². The van der Waals surface area contributed by atoms with E-state index in [0.29, 0.717) is 36.1 Å². The van der Waals surface area contributed by atoms with Crippen LogP contribution in [0.15, 0.2) is 23.4 Å². The van der Waals surface area contributed by atoms with E-state index >= 15 is 0 Å².